The van der Waals surface area contributed by atoms with E-state index in [1.165, 1.54) is 11.1 Å². The van der Waals surface area contributed by atoms with Crippen LogP contribution in [-0.2, 0) is 15.9 Å². The molecule has 0 bridgehead atoms. The topological polar surface area (TPSA) is 81.4 Å². The second-order valence-corrected chi connectivity index (χ2v) is 9.43. The summed E-state index contributed by atoms with van der Waals surface area (Å²) in [4.78, 5) is 9.19. The van der Waals surface area contributed by atoms with Crippen LogP contribution in [0.15, 0.2) is 42.9 Å². The van der Waals surface area contributed by atoms with Gasteiger partial charge in [0.2, 0.25) is 0 Å². The van der Waals surface area contributed by atoms with Crippen molar-refractivity contribution < 1.29 is 14.6 Å². The highest BCUT2D eigenvalue weighted by atomic mass is 16.8. The fraction of sp³-hybridized carbons (Fsp3) is 0.500. The van der Waals surface area contributed by atoms with Crippen LogP contribution in [0.5, 0.6) is 0 Å². The number of anilines is 1. The molecule has 1 saturated carbocycles. The Morgan fingerprint density at radius 2 is 2.00 bits per heavy atom. The molecule has 1 aromatic carbocycles. The van der Waals surface area contributed by atoms with Crippen LogP contribution in [0.4, 0.5) is 5.82 Å². The van der Waals surface area contributed by atoms with Gasteiger partial charge in [0.25, 0.3) is 0 Å². The van der Waals surface area contributed by atoms with Gasteiger partial charge in [0.05, 0.1) is 23.6 Å². The molecule has 1 aliphatic heterocycles. The number of hydrogen-bond acceptors (Lipinski definition) is 6. The van der Waals surface area contributed by atoms with Gasteiger partial charge in [-0.2, -0.15) is 0 Å². The van der Waals surface area contributed by atoms with Gasteiger partial charge in [0.15, 0.2) is 5.79 Å². The molecule has 5 atom stereocenters. The van der Waals surface area contributed by atoms with Crippen LogP contribution in [0.3, 0.4) is 0 Å². The molecule has 31 heavy (non-hydrogen) atoms. The van der Waals surface area contributed by atoms with Crippen LogP contribution >= 0.6 is 0 Å². The molecule has 2 fully saturated rings. The highest BCUT2D eigenvalue weighted by Crippen LogP contribution is 2.47. The molecule has 1 saturated heterocycles. The number of benzene rings is 1. The van der Waals surface area contributed by atoms with Crippen LogP contribution < -0.4 is 5.32 Å². The molecule has 7 nitrogen and oxygen atoms in total. The van der Waals surface area contributed by atoms with Gasteiger partial charge >= 0.3 is 0 Å². The molecule has 162 valence electrons. The summed E-state index contributed by atoms with van der Waals surface area (Å²) < 4.78 is 14.6. The number of nitrogens with one attached hydrogen (secondary N) is 1. The van der Waals surface area contributed by atoms with Crippen molar-refractivity contribution in [2.24, 2.45) is 5.92 Å². The van der Waals surface area contributed by atoms with E-state index in [2.05, 4.69) is 56.4 Å². The lowest BCUT2D eigenvalue weighted by Gasteiger charge is -2.24. The highest BCUT2D eigenvalue weighted by Gasteiger charge is 2.54. The van der Waals surface area contributed by atoms with Crippen molar-refractivity contribution in [3.05, 3.63) is 54.0 Å². The van der Waals surface area contributed by atoms with Gasteiger partial charge in [0, 0.05) is 18.7 Å². The smallest absolute Gasteiger partial charge is 0.163 e. The van der Waals surface area contributed by atoms with E-state index in [0.29, 0.717) is 0 Å². The van der Waals surface area contributed by atoms with Crippen LogP contribution in [0.2, 0.25) is 0 Å². The van der Waals surface area contributed by atoms with Gasteiger partial charge in [-0.1, -0.05) is 24.3 Å². The fourth-order valence-electron chi connectivity index (χ4n) is 5.73. The maximum atomic E-state index is 9.92. The third kappa shape index (κ3) is 3.06. The summed E-state index contributed by atoms with van der Waals surface area (Å²) in [7, 11) is 0. The number of ether oxygens (including phenoxy) is 2. The summed E-state index contributed by atoms with van der Waals surface area (Å²) in [6.07, 6.45) is 6.46. The Kier molecular flexibility index (Phi) is 4.35. The van der Waals surface area contributed by atoms with E-state index < -0.39 is 5.79 Å². The third-order valence-corrected chi connectivity index (χ3v) is 7.10. The first-order valence-electron chi connectivity index (χ1n) is 11.2. The van der Waals surface area contributed by atoms with Crippen molar-refractivity contribution in [3.63, 3.8) is 0 Å². The lowest BCUT2D eigenvalue weighted by molar-refractivity contribution is -0.161. The number of nitrogens with zero attached hydrogens (tertiary/aromatic N) is 3. The van der Waals surface area contributed by atoms with Crippen LogP contribution in [-0.4, -0.2) is 44.2 Å². The zero-order valence-electron chi connectivity index (χ0n) is 17.9. The molecule has 3 heterocycles. The van der Waals surface area contributed by atoms with Gasteiger partial charge in [-0.3, -0.25) is 0 Å². The molecule has 0 amide bonds. The predicted molar refractivity (Wildman–Crippen MR) is 117 cm³/mol. The summed E-state index contributed by atoms with van der Waals surface area (Å²) in [5, 5.41) is 14.6. The van der Waals surface area contributed by atoms with Gasteiger partial charge < -0.3 is 24.5 Å². The Balaban J connectivity index is 1.33. The number of aromatic nitrogens is 3. The van der Waals surface area contributed by atoms with Crippen molar-refractivity contribution in [3.8, 4) is 0 Å². The largest absolute Gasteiger partial charge is 0.396 e. The third-order valence-electron chi connectivity index (χ3n) is 7.10. The first kappa shape index (κ1) is 19.2. The number of aryl methyl sites for hydroxylation is 1. The lowest BCUT2D eigenvalue weighted by atomic mass is 10.1. The molecule has 0 spiro atoms. The second kappa shape index (κ2) is 7.02. The minimum Gasteiger partial charge on any atom is -0.396 e. The van der Waals surface area contributed by atoms with E-state index in [0.717, 1.165) is 36.1 Å². The molecule has 2 aromatic heterocycles. The highest BCUT2D eigenvalue weighted by molar-refractivity contribution is 5.87. The summed E-state index contributed by atoms with van der Waals surface area (Å²) >= 11 is 0. The van der Waals surface area contributed by atoms with Crippen molar-refractivity contribution in [2.45, 2.75) is 63.2 Å². The number of hydrogen-bond donors (Lipinski definition) is 2. The SMILES string of the molecule is CC1(C)O[C@@H]2[C@H](CO)C[C@@H](n3ccc4c(N[C@H]5CCc6ccccc65)ncnc43)[C@@H]2O1. The minimum atomic E-state index is -0.637. The van der Waals surface area contributed by atoms with E-state index in [1.807, 2.05) is 13.8 Å². The quantitative estimate of drug-likeness (QED) is 0.671. The standard InChI is InChI=1S/C24H28N4O3/c1-24(2)30-20-15(12-29)11-19(21(20)31-24)28-10-9-17-22(25-13-26-23(17)28)27-18-8-7-14-5-3-4-6-16(14)18/h3-6,9-10,13,15,18-21,29H,7-8,11-12H2,1-2H3,(H,25,26,27)/t15-,18-,19+,20+,21-/m0/s1. The monoisotopic (exact) mass is 420 g/mol. The van der Waals surface area contributed by atoms with Gasteiger partial charge in [-0.25, -0.2) is 9.97 Å². The molecule has 2 aliphatic carbocycles. The number of rotatable bonds is 4. The Hall–Kier alpha value is -2.48. The number of fused-ring (bicyclic) bond motifs is 3. The first-order chi connectivity index (χ1) is 15.0. The number of aliphatic hydroxyl groups excluding tert-OH is 1. The molecule has 3 aliphatic rings. The summed E-state index contributed by atoms with van der Waals surface area (Å²) in [6, 6.07) is 11.0. The van der Waals surface area contributed by atoms with Gasteiger partial charge in [-0.15, -0.1) is 0 Å². The van der Waals surface area contributed by atoms with Crippen molar-refractivity contribution >= 4 is 16.9 Å². The Morgan fingerprint density at radius 3 is 2.87 bits per heavy atom. The van der Waals surface area contributed by atoms with Crippen molar-refractivity contribution in [2.75, 3.05) is 11.9 Å². The zero-order chi connectivity index (χ0) is 21.2. The summed E-state index contributed by atoms with van der Waals surface area (Å²) in [5.74, 6) is 0.286. The summed E-state index contributed by atoms with van der Waals surface area (Å²) in [6.45, 7) is 3.97. The minimum absolute atomic E-state index is 0.0589. The fourth-order valence-corrected chi connectivity index (χ4v) is 5.73. The van der Waals surface area contributed by atoms with Gasteiger partial charge in [-0.05, 0) is 50.3 Å². The lowest BCUT2D eigenvalue weighted by Crippen LogP contribution is -2.27. The second-order valence-electron chi connectivity index (χ2n) is 9.43. The van der Waals surface area contributed by atoms with Crippen molar-refractivity contribution in [1.82, 2.24) is 14.5 Å². The first-order valence-corrected chi connectivity index (χ1v) is 11.2. The van der Waals surface area contributed by atoms with E-state index >= 15 is 0 Å². The molecule has 6 rings (SSSR count). The van der Waals surface area contributed by atoms with Crippen LogP contribution in [0, 0.1) is 5.92 Å². The average Bonchev–Trinajstić information content (AvgIpc) is 3.50. The molecule has 0 radical (unpaired) electrons. The molecule has 2 N–H and O–H groups in total. The molecule has 3 aromatic rings. The van der Waals surface area contributed by atoms with E-state index in [1.54, 1.807) is 6.33 Å². The van der Waals surface area contributed by atoms with Gasteiger partial charge in [0.1, 0.15) is 23.9 Å². The molecule has 7 heteroatoms. The molecular weight excluding hydrogens is 392 g/mol. The Bertz CT molecular complexity index is 1130. The van der Waals surface area contributed by atoms with Crippen LogP contribution in [0.1, 0.15) is 49.9 Å². The van der Waals surface area contributed by atoms with Crippen LogP contribution in [0.25, 0.3) is 11.0 Å². The Morgan fingerprint density at radius 1 is 1.16 bits per heavy atom. The summed E-state index contributed by atoms with van der Waals surface area (Å²) in [5.41, 5.74) is 3.66. The zero-order valence-corrected chi connectivity index (χ0v) is 17.9. The maximum Gasteiger partial charge on any atom is 0.163 e. The Labute approximate surface area is 181 Å². The van der Waals surface area contributed by atoms with Crippen molar-refractivity contribution in [1.29, 1.82) is 0 Å². The normalized spacial score (nSPS) is 31.1. The average molecular weight is 421 g/mol. The number of aliphatic hydroxyl groups is 1. The maximum absolute atomic E-state index is 9.92. The molecule has 0 unspecified atom stereocenters. The predicted octanol–water partition coefficient (Wildman–Crippen LogP) is 3.60. The van der Waals surface area contributed by atoms with E-state index in [-0.39, 0.29) is 36.8 Å². The molecular formula is C24H28N4O3. The van der Waals surface area contributed by atoms with E-state index in [4.69, 9.17) is 9.47 Å². The van der Waals surface area contributed by atoms with E-state index in [9.17, 15) is 5.11 Å².